The predicted octanol–water partition coefficient (Wildman–Crippen LogP) is 2.84. The molecule has 6 nitrogen and oxygen atoms in total. The summed E-state index contributed by atoms with van der Waals surface area (Å²) in [5.41, 5.74) is 1.93. The lowest BCUT2D eigenvalue weighted by molar-refractivity contribution is 0.391. The van der Waals surface area contributed by atoms with Gasteiger partial charge in [-0.15, -0.1) is 10.2 Å². The number of rotatable bonds is 3. The topological polar surface area (TPSA) is 69.1 Å². The van der Waals surface area contributed by atoms with Crippen molar-refractivity contribution in [2.75, 3.05) is 0 Å². The van der Waals surface area contributed by atoms with E-state index in [1.807, 2.05) is 11.4 Å². The molecule has 0 aromatic carbocycles. The standard InChI is InChI=1S/C12H15N5OS/c1-5-8-9(7(4)18-16-8)11-15-17-10(6(2)3)13-14-12(17)19-11/h6H,5H2,1-4H3. The van der Waals surface area contributed by atoms with Crippen LogP contribution in [0.25, 0.3) is 15.5 Å². The molecule has 0 bridgehead atoms. The summed E-state index contributed by atoms with van der Waals surface area (Å²) in [6.07, 6.45) is 0.823. The summed E-state index contributed by atoms with van der Waals surface area (Å²) in [5.74, 6) is 1.97. The molecule has 0 amide bonds. The third kappa shape index (κ3) is 1.85. The zero-order valence-electron chi connectivity index (χ0n) is 11.3. The Morgan fingerprint density at radius 2 is 2.11 bits per heavy atom. The van der Waals surface area contributed by atoms with Crippen molar-refractivity contribution in [1.29, 1.82) is 0 Å². The van der Waals surface area contributed by atoms with Gasteiger partial charge in [0.15, 0.2) is 10.8 Å². The zero-order chi connectivity index (χ0) is 13.6. The molecule has 0 spiro atoms. The number of nitrogens with zero attached hydrogens (tertiary/aromatic N) is 5. The summed E-state index contributed by atoms with van der Waals surface area (Å²) in [6.45, 7) is 8.13. The largest absolute Gasteiger partial charge is 0.361 e. The molecule has 0 aliphatic carbocycles. The smallest absolute Gasteiger partial charge is 0.234 e. The molecule has 100 valence electrons. The third-order valence-corrected chi connectivity index (χ3v) is 3.93. The lowest BCUT2D eigenvalue weighted by atomic mass is 10.2. The van der Waals surface area contributed by atoms with Crippen LogP contribution < -0.4 is 0 Å². The molecule has 7 heteroatoms. The van der Waals surface area contributed by atoms with Crippen LogP contribution in [0.15, 0.2) is 4.52 Å². The Balaban J connectivity index is 2.18. The van der Waals surface area contributed by atoms with Crippen molar-refractivity contribution < 1.29 is 4.52 Å². The molecule has 0 unspecified atom stereocenters. The Morgan fingerprint density at radius 1 is 1.32 bits per heavy atom. The molecule has 0 N–H and O–H groups in total. The molecule has 0 aliphatic rings. The molecule has 0 aliphatic heterocycles. The molecular formula is C12H15N5OS. The van der Waals surface area contributed by atoms with Crippen LogP contribution in [0.5, 0.6) is 0 Å². The number of aryl methyl sites for hydroxylation is 2. The maximum atomic E-state index is 5.26. The lowest BCUT2D eigenvalue weighted by Crippen LogP contribution is -1.98. The van der Waals surface area contributed by atoms with Gasteiger partial charge in [-0.25, -0.2) is 0 Å². The molecule has 0 saturated heterocycles. The van der Waals surface area contributed by atoms with Crippen LogP contribution >= 0.6 is 11.3 Å². The highest BCUT2D eigenvalue weighted by atomic mass is 32.1. The van der Waals surface area contributed by atoms with E-state index >= 15 is 0 Å². The number of aromatic nitrogens is 5. The molecule has 3 aromatic heterocycles. The van der Waals surface area contributed by atoms with Crippen LogP contribution in [0.4, 0.5) is 0 Å². The van der Waals surface area contributed by atoms with E-state index in [1.165, 1.54) is 11.3 Å². The van der Waals surface area contributed by atoms with E-state index in [0.717, 1.165) is 39.2 Å². The molecule has 3 heterocycles. The van der Waals surface area contributed by atoms with Crippen molar-refractivity contribution in [3.8, 4) is 10.6 Å². The van der Waals surface area contributed by atoms with Crippen LogP contribution in [0.1, 0.15) is 44.0 Å². The monoisotopic (exact) mass is 277 g/mol. The highest BCUT2D eigenvalue weighted by molar-refractivity contribution is 7.19. The predicted molar refractivity (Wildman–Crippen MR) is 72.4 cm³/mol. The van der Waals surface area contributed by atoms with Crippen LogP contribution in [-0.2, 0) is 6.42 Å². The summed E-state index contributed by atoms with van der Waals surface area (Å²) in [4.78, 5) is 0.807. The first kappa shape index (κ1) is 12.3. The SMILES string of the molecule is CCc1noc(C)c1-c1nn2c(C(C)C)nnc2s1. The first-order valence-corrected chi connectivity index (χ1v) is 7.11. The van der Waals surface area contributed by atoms with Crippen molar-refractivity contribution in [2.24, 2.45) is 0 Å². The van der Waals surface area contributed by atoms with Gasteiger partial charge in [-0.2, -0.15) is 9.61 Å². The zero-order valence-corrected chi connectivity index (χ0v) is 12.2. The van der Waals surface area contributed by atoms with E-state index in [9.17, 15) is 0 Å². The van der Waals surface area contributed by atoms with Crippen molar-refractivity contribution in [3.05, 3.63) is 17.3 Å². The molecule has 0 atom stereocenters. The van der Waals surface area contributed by atoms with E-state index < -0.39 is 0 Å². The molecule has 3 aromatic rings. The average Bonchev–Trinajstić information content (AvgIpc) is 3.00. The molecule has 3 rings (SSSR count). The Kier molecular flexibility index (Phi) is 2.85. The van der Waals surface area contributed by atoms with E-state index in [2.05, 4.69) is 41.2 Å². The van der Waals surface area contributed by atoms with Crippen LogP contribution in [-0.4, -0.2) is 25.0 Å². The van der Waals surface area contributed by atoms with Gasteiger partial charge in [0, 0.05) is 5.92 Å². The molecule has 0 radical (unpaired) electrons. The van der Waals surface area contributed by atoms with Crippen molar-refractivity contribution >= 4 is 16.3 Å². The van der Waals surface area contributed by atoms with Crippen molar-refractivity contribution in [1.82, 2.24) is 25.0 Å². The Morgan fingerprint density at radius 3 is 2.79 bits per heavy atom. The number of hydrogen-bond donors (Lipinski definition) is 0. The molecular weight excluding hydrogens is 262 g/mol. The van der Waals surface area contributed by atoms with Gasteiger partial charge in [0.1, 0.15) is 5.76 Å². The van der Waals surface area contributed by atoms with E-state index in [0.29, 0.717) is 5.92 Å². The molecule has 0 saturated carbocycles. The van der Waals surface area contributed by atoms with Gasteiger partial charge in [-0.05, 0) is 13.3 Å². The summed E-state index contributed by atoms with van der Waals surface area (Å²) in [7, 11) is 0. The molecule has 0 fully saturated rings. The van der Waals surface area contributed by atoms with Gasteiger partial charge in [-0.3, -0.25) is 0 Å². The summed E-state index contributed by atoms with van der Waals surface area (Å²) < 4.78 is 7.08. The minimum atomic E-state index is 0.291. The lowest BCUT2D eigenvalue weighted by Gasteiger charge is -1.98. The maximum Gasteiger partial charge on any atom is 0.234 e. The minimum absolute atomic E-state index is 0.291. The number of hydrogen-bond acceptors (Lipinski definition) is 6. The van der Waals surface area contributed by atoms with Gasteiger partial charge in [0.05, 0.1) is 11.3 Å². The van der Waals surface area contributed by atoms with Gasteiger partial charge in [-0.1, -0.05) is 37.3 Å². The first-order valence-electron chi connectivity index (χ1n) is 6.29. The summed E-state index contributed by atoms with van der Waals surface area (Å²) in [6, 6.07) is 0. The van der Waals surface area contributed by atoms with Crippen LogP contribution in [0.3, 0.4) is 0 Å². The quantitative estimate of drug-likeness (QED) is 0.736. The van der Waals surface area contributed by atoms with Gasteiger partial charge >= 0.3 is 0 Å². The summed E-state index contributed by atoms with van der Waals surface area (Å²) in [5, 5.41) is 17.9. The second kappa shape index (κ2) is 4.41. The van der Waals surface area contributed by atoms with Crippen molar-refractivity contribution in [2.45, 2.75) is 40.0 Å². The number of fused-ring (bicyclic) bond motifs is 1. The summed E-state index contributed by atoms with van der Waals surface area (Å²) >= 11 is 1.52. The minimum Gasteiger partial charge on any atom is -0.361 e. The Bertz CT molecular complexity index is 724. The maximum absolute atomic E-state index is 5.26. The molecule has 19 heavy (non-hydrogen) atoms. The van der Waals surface area contributed by atoms with Crippen LogP contribution in [0.2, 0.25) is 0 Å². The normalized spacial score (nSPS) is 11.8. The second-order valence-corrected chi connectivity index (χ2v) is 5.68. The highest BCUT2D eigenvalue weighted by Crippen LogP contribution is 2.31. The van der Waals surface area contributed by atoms with E-state index in [1.54, 1.807) is 0 Å². The fourth-order valence-electron chi connectivity index (χ4n) is 2.03. The second-order valence-electron chi connectivity index (χ2n) is 4.73. The Hall–Kier alpha value is -1.76. The first-order chi connectivity index (χ1) is 9.11. The van der Waals surface area contributed by atoms with E-state index in [-0.39, 0.29) is 0 Å². The van der Waals surface area contributed by atoms with Crippen molar-refractivity contribution in [3.63, 3.8) is 0 Å². The fourth-order valence-corrected chi connectivity index (χ4v) is 2.99. The van der Waals surface area contributed by atoms with Gasteiger partial charge in [0.25, 0.3) is 0 Å². The Labute approximate surface area is 114 Å². The van der Waals surface area contributed by atoms with Gasteiger partial charge in [0.2, 0.25) is 4.96 Å². The third-order valence-electron chi connectivity index (χ3n) is 3.01. The highest BCUT2D eigenvalue weighted by Gasteiger charge is 2.20. The van der Waals surface area contributed by atoms with Crippen LogP contribution in [0, 0.1) is 6.92 Å². The average molecular weight is 277 g/mol. The fraction of sp³-hybridized carbons (Fsp3) is 0.500. The van der Waals surface area contributed by atoms with E-state index in [4.69, 9.17) is 4.52 Å². The van der Waals surface area contributed by atoms with Gasteiger partial charge < -0.3 is 4.52 Å².